The number of methoxy groups -OCH3 is 1. The SMILES string of the molecule is CNC(c1cccc(I)c1)c1ccc(OC)c(Br)c1. The van der Waals surface area contributed by atoms with E-state index in [1.807, 2.05) is 13.1 Å². The normalized spacial score (nSPS) is 12.2. The molecule has 0 aliphatic rings. The van der Waals surface area contributed by atoms with Crippen molar-refractivity contribution in [2.75, 3.05) is 14.2 Å². The second kappa shape index (κ2) is 6.72. The van der Waals surface area contributed by atoms with Gasteiger partial charge in [0.25, 0.3) is 0 Å². The van der Waals surface area contributed by atoms with E-state index < -0.39 is 0 Å². The van der Waals surface area contributed by atoms with E-state index >= 15 is 0 Å². The van der Waals surface area contributed by atoms with Gasteiger partial charge in [-0.05, 0) is 81.0 Å². The summed E-state index contributed by atoms with van der Waals surface area (Å²) in [5, 5.41) is 3.36. The predicted octanol–water partition coefficient (Wildman–Crippen LogP) is 4.37. The lowest BCUT2D eigenvalue weighted by Gasteiger charge is -2.18. The minimum Gasteiger partial charge on any atom is -0.496 e. The summed E-state index contributed by atoms with van der Waals surface area (Å²) in [5.74, 6) is 0.848. The van der Waals surface area contributed by atoms with Crippen LogP contribution >= 0.6 is 38.5 Å². The molecule has 2 aromatic carbocycles. The number of hydrogen-bond donors (Lipinski definition) is 1. The Bertz CT molecular complexity index is 574. The summed E-state index contributed by atoms with van der Waals surface area (Å²) >= 11 is 5.87. The van der Waals surface area contributed by atoms with Crippen LogP contribution in [0.1, 0.15) is 17.2 Å². The Labute approximate surface area is 135 Å². The molecule has 0 aliphatic carbocycles. The quantitative estimate of drug-likeness (QED) is 0.725. The first kappa shape index (κ1) is 14.8. The topological polar surface area (TPSA) is 21.3 Å². The van der Waals surface area contributed by atoms with Crippen LogP contribution in [0.15, 0.2) is 46.9 Å². The summed E-state index contributed by atoms with van der Waals surface area (Å²) in [6, 6.07) is 14.9. The molecule has 2 rings (SSSR count). The number of nitrogens with one attached hydrogen (secondary N) is 1. The van der Waals surface area contributed by atoms with Gasteiger partial charge in [-0.1, -0.05) is 18.2 Å². The van der Waals surface area contributed by atoms with Crippen molar-refractivity contribution in [2.45, 2.75) is 6.04 Å². The summed E-state index contributed by atoms with van der Waals surface area (Å²) in [4.78, 5) is 0. The summed E-state index contributed by atoms with van der Waals surface area (Å²) in [6.45, 7) is 0. The van der Waals surface area contributed by atoms with E-state index in [9.17, 15) is 0 Å². The molecule has 19 heavy (non-hydrogen) atoms. The minimum atomic E-state index is 0.178. The smallest absolute Gasteiger partial charge is 0.133 e. The van der Waals surface area contributed by atoms with Crippen LogP contribution in [0.2, 0.25) is 0 Å². The van der Waals surface area contributed by atoms with Crippen molar-refractivity contribution in [1.29, 1.82) is 0 Å². The summed E-state index contributed by atoms with van der Waals surface area (Å²) in [6.07, 6.45) is 0. The molecule has 0 saturated carbocycles. The Morgan fingerprint density at radius 1 is 1.16 bits per heavy atom. The molecular weight excluding hydrogens is 417 g/mol. The number of hydrogen-bond acceptors (Lipinski definition) is 2. The molecule has 2 nitrogen and oxygen atoms in total. The predicted molar refractivity (Wildman–Crippen MR) is 90.8 cm³/mol. The van der Waals surface area contributed by atoms with Crippen LogP contribution in [0.3, 0.4) is 0 Å². The third-order valence-corrected chi connectivity index (χ3v) is 4.27. The van der Waals surface area contributed by atoms with Crippen molar-refractivity contribution >= 4 is 38.5 Å². The van der Waals surface area contributed by atoms with Crippen LogP contribution in [0, 0.1) is 3.57 Å². The fraction of sp³-hybridized carbons (Fsp3) is 0.200. The van der Waals surface area contributed by atoms with Gasteiger partial charge in [0, 0.05) is 3.57 Å². The van der Waals surface area contributed by atoms with Crippen molar-refractivity contribution in [1.82, 2.24) is 5.32 Å². The maximum atomic E-state index is 5.27. The summed E-state index contributed by atoms with van der Waals surface area (Å²) in [7, 11) is 3.65. The highest BCUT2D eigenvalue weighted by Crippen LogP contribution is 2.30. The lowest BCUT2D eigenvalue weighted by Crippen LogP contribution is -2.17. The molecule has 1 unspecified atom stereocenters. The van der Waals surface area contributed by atoms with Crippen LogP contribution in [0.25, 0.3) is 0 Å². The Hall–Kier alpha value is -0.590. The first-order valence-electron chi connectivity index (χ1n) is 5.92. The van der Waals surface area contributed by atoms with E-state index in [2.05, 4.69) is 80.2 Å². The minimum absolute atomic E-state index is 0.178. The van der Waals surface area contributed by atoms with Crippen molar-refractivity contribution in [3.8, 4) is 5.75 Å². The average molecular weight is 432 g/mol. The van der Waals surface area contributed by atoms with Gasteiger partial charge in [0.05, 0.1) is 17.6 Å². The lowest BCUT2D eigenvalue weighted by atomic mass is 9.99. The molecule has 4 heteroatoms. The molecule has 0 bridgehead atoms. The van der Waals surface area contributed by atoms with E-state index in [1.54, 1.807) is 7.11 Å². The zero-order chi connectivity index (χ0) is 13.8. The van der Waals surface area contributed by atoms with E-state index in [0.717, 1.165) is 10.2 Å². The molecule has 1 atom stereocenters. The second-order valence-electron chi connectivity index (χ2n) is 4.17. The average Bonchev–Trinajstić information content (AvgIpc) is 2.40. The molecule has 0 heterocycles. The van der Waals surface area contributed by atoms with Crippen LogP contribution in [-0.4, -0.2) is 14.2 Å². The van der Waals surface area contributed by atoms with E-state index in [4.69, 9.17) is 4.74 Å². The van der Waals surface area contributed by atoms with Crippen molar-refractivity contribution < 1.29 is 4.74 Å². The Kier molecular flexibility index (Phi) is 5.24. The number of halogens is 2. The Morgan fingerprint density at radius 2 is 1.89 bits per heavy atom. The number of benzene rings is 2. The van der Waals surface area contributed by atoms with Gasteiger partial charge < -0.3 is 10.1 Å². The van der Waals surface area contributed by atoms with Crippen LogP contribution in [-0.2, 0) is 0 Å². The Morgan fingerprint density at radius 3 is 2.47 bits per heavy atom. The highest BCUT2D eigenvalue weighted by molar-refractivity contribution is 14.1. The summed E-state index contributed by atoms with van der Waals surface area (Å²) < 4.78 is 7.48. The molecule has 100 valence electrons. The second-order valence-corrected chi connectivity index (χ2v) is 6.27. The third kappa shape index (κ3) is 3.49. The highest BCUT2D eigenvalue weighted by atomic mass is 127. The first-order chi connectivity index (χ1) is 9.15. The highest BCUT2D eigenvalue weighted by Gasteiger charge is 2.13. The van der Waals surface area contributed by atoms with Gasteiger partial charge in [0.1, 0.15) is 5.75 Å². The molecular formula is C15H15BrINO. The van der Waals surface area contributed by atoms with E-state index in [0.29, 0.717) is 0 Å². The third-order valence-electron chi connectivity index (χ3n) is 2.98. The zero-order valence-electron chi connectivity index (χ0n) is 10.8. The summed E-state index contributed by atoms with van der Waals surface area (Å²) in [5.41, 5.74) is 2.46. The molecule has 1 N–H and O–H groups in total. The van der Waals surface area contributed by atoms with Crippen molar-refractivity contribution in [3.05, 3.63) is 61.6 Å². The molecule has 0 spiro atoms. The molecule has 2 aromatic rings. The van der Waals surface area contributed by atoms with E-state index in [-0.39, 0.29) is 6.04 Å². The number of rotatable bonds is 4. The Balaban J connectivity index is 2.39. The van der Waals surface area contributed by atoms with Gasteiger partial charge >= 0.3 is 0 Å². The molecule has 0 amide bonds. The molecule has 0 radical (unpaired) electrons. The van der Waals surface area contributed by atoms with Gasteiger partial charge in [0.15, 0.2) is 0 Å². The van der Waals surface area contributed by atoms with Gasteiger partial charge in [-0.25, -0.2) is 0 Å². The van der Waals surface area contributed by atoms with Crippen LogP contribution in [0.5, 0.6) is 5.75 Å². The van der Waals surface area contributed by atoms with Gasteiger partial charge in [-0.3, -0.25) is 0 Å². The largest absolute Gasteiger partial charge is 0.496 e. The molecule has 0 aromatic heterocycles. The van der Waals surface area contributed by atoms with Crippen molar-refractivity contribution in [3.63, 3.8) is 0 Å². The number of ether oxygens (including phenoxy) is 1. The van der Waals surface area contributed by atoms with Crippen molar-refractivity contribution in [2.24, 2.45) is 0 Å². The van der Waals surface area contributed by atoms with Crippen LogP contribution in [0.4, 0.5) is 0 Å². The first-order valence-corrected chi connectivity index (χ1v) is 7.79. The van der Waals surface area contributed by atoms with E-state index in [1.165, 1.54) is 14.7 Å². The molecule has 0 saturated heterocycles. The maximum absolute atomic E-state index is 5.27. The van der Waals surface area contributed by atoms with Gasteiger partial charge in [-0.15, -0.1) is 0 Å². The fourth-order valence-corrected chi connectivity index (χ4v) is 3.20. The maximum Gasteiger partial charge on any atom is 0.133 e. The zero-order valence-corrected chi connectivity index (χ0v) is 14.5. The standard InChI is InChI=1S/C15H15BrINO/c1-18-15(10-4-3-5-12(17)8-10)11-6-7-14(19-2)13(16)9-11/h3-9,15,18H,1-2H3. The monoisotopic (exact) mass is 431 g/mol. The lowest BCUT2D eigenvalue weighted by molar-refractivity contribution is 0.412. The molecule has 0 aliphatic heterocycles. The van der Waals surface area contributed by atoms with Gasteiger partial charge in [-0.2, -0.15) is 0 Å². The fourth-order valence-electron chi connectivity index (χ4n) is 2.07. The van der Waals surface area contributed by atoms with Crippen LogP contribution < -0.4 is 10.1 Å². The molecule has 0 fully saturated rings. The van der Waals surface area contributed by atoms with Gasteiger partial charge in [0.2, 0.25) is 0 Å².